The Balaban J connectivity index is 2.11. The van der Waals surface area contributed by atoms with Crippen molar-refractivity contribution >= 4 is 22.6 Å². The zero-order valence-corrected chi connectivity index (χ0v) is 12.5. The van der Waals surface area contributed by atoms with Crippen LogP contribution in [-0.2, 0) is 0 Å². The molecule has 0 radical (unpaired) electrons. The van der Waals surface area contributed by atoms with Gasteiger partial charge in [0.25, 0.3) is 0 Å². The molecule has 0 saturated heterocycles. The van der Waals surface area contributed by atoms with Crippen LogP contribution >= 0.6 is 11.6 Å². The van der Waals surface area contributed by atoms with Crippen molar-refractivity contribution in [3.8, 4) is 0 Å². The van der Waals surface area contributed by atoms with Crippen molar-refractivity contribution in [1.29, 1.82) is 0 Å². The second kappa shape index (κ2) is 5.51. The van der Waals surface area contributed by atoms with Crippen LogP contribution in [0, 0.1) is 12.7 Å². The highest BCUT2D eigenvalue weighted by atomic mass is 35.5. The van der Waals surface area contributed by atoms with Gasteiger partial charge in [-0.1, -0.05) is 29.3 Å². The number of nitrogens with one attached hydrogen (secondary N) is 1. The Hall–Kier alpha value is -1.84. The molecule has 0 aliphatic heterocycles. The van der Waals surface area contributed by atoms with Crippen LogP contribution in [0.4, 0.5) is 4.39 Å². The van der Waals surface area contributed by atoms with Crippen molar-refractivity contribution in [3.63, 3.8) is 0 Å². The van der Waals surface area contributed by atoms with Crippen molar-refractivity contribution in [2.24, 2.45) is 0 Å². The minimum atomic E-state index is -0.337. The van der Waals surface area contributed by atoms with E-state index in [-0.39, 0.29) is 11.9 Å². The molecule has 1 aromatic heterocycles. The summed E-state index contributed by atoms with van der Waals surface area (Å²) in [5, 5.41) is 4.67. The first-order valence-electron chi connectivity index (χ1n) is 6.71. The predicted molar refractivity (Wildman–Crippen MR) is 83.3 cm³/mol. The number of aryl methyl sites for hydroxylation is 1. The maximum absolute atomic E-state index is 14.1. The maximum Gasteiger partial charge on any atom is 0.134 e. The third-order valence-electron chi connectivity index (χ3n) is 3.53. The van der Waals surface area contributed by atoms with Gasteiger partial charge in [-0.25, -0.2) is 4.39 Å². The van der Waals surface area contributed by atoms with E-state index in [1.807, 2.05) is 31.2 Å². The SMILES string of the molecule is CNC(c1cc2cc(Cl)ccc2o1)c1cc(C)ccc1F. The maximum atomic E-state index is 14.1. The van der Waals surface area contributed by atoms with Crippen molar-refractivity contribution in [2.45, 2.75) is 13.0 Å². The third kappa shape index (κ3) is 2.67. The summed E-state index contributed by atoms with van der Waals surface area (Å²) in [6, 6.07) is 12.1. The van der Waals surface area contributed by atoms with Crippen molar-refractivity contribution < 1.29 is 8.81 Å². The van der Waals surface area contributed by atoms with E-state index in [2.05, 4.69) is 5.32 Å². The van der Waals surface area contributed by atoms with Gasteiger partial charge in [0.15, 0.2) is 0 Å². The Labute approximate surface area is 127 Å². The number of halogens is 2. The fourth-order valence-electron chi connectivity index (χ4n) is 2.51. The van der Waals surface area contributed by atoms with Crippen LogP contribution in [0.2, 0.25) is 5.02 Å². The van der Waals surface area contributed by atoms with Gasteiger partial charge in [0.05, 0.1) is 6.04 Å². The highest BCUT2D eigenvalue weighted by Crippen LogP contribution is 2.31. The van der Waals surface area contributed by atoms with Gasteiger partial charge in [-0.2, -0.15) is 0 Å². The van der Waals surface area contributed by atoms with Crippen LogP contribution in [0.5, 0.6) is 0 Å². The quantitative estimate of drug-likeness (QED) is 0.749. The fraction of sp³-hybridized carbons (Fsp3) is 0.176. The van der Waals surface area contributed by atoms with E-state index in [0.29, 0.717) is 16.3 Å². The molecule has 2 nitrogen and oxygen atoms in total. The summed E-state index contributed by atoms with van der Waals surface area (Å²) in [6.45, 7) is 1.94. The molecule has 1 heterocycles. The molecule has 108 valence electrons. The van der Waals surface area contributed by atoms with E-state index in [1.165, 1.54) is 6.07 Å². The second-order valence-electron chi connectivity index (χ2n) is 5.08. The van der Waals surface area contributed by atoms with Gasteiger partial charge in [0.1, 0.15) is 17.2 Å². The molecule has 1 unspecified atom stereocenters. The van der Waals surface area contributed by atoms with Crippen LogP contribution in [0.1, 0.15) is 22.9 Å². The standard InChI is InChI=1S/C17H15ClFNO/c1-10-3-5-14(19)13(7-10)17(20-2)16-9-11-8-12(18)4-6-15(11)21-16/h3-9,17,20H,1-2H3. The average Bonchev–Trinajstić information content (AvgIpc) is 2.86. The molecular weight excluding hydrogens is 289 g/mol. The first kappa shape index (κ1) is 14.1. The lowest BCUT2D eigenvalue weighted by Crippen LogP contribution is -2.18. The summed E-state index contributed by atoms with van der Waals surface area (Å²) in [6.07, 6.45) is 0. The molecule has 1 atom stereocenters. The second-order valence-corrected chi connectivity index (χ2v) is 5.51. The zero-order chi connectivity index (χ0) is 15.0. The number of furan rings is 1. The highest BCUT2D eigenvalue weighted by molar-refractivity contribution is 6.31. The summed E-state index contributed by atoms with van der Waals surface area (Å²) in [5.41, 5.74) is 2.32. The summed E-state index contributed by atoms with van der Waals surface area (Å²) in [4.78, 5) is 0. The van der Waals surface area contributed by atoms with E-state index in [1.54, 1.807) is 19.2 Å². The van der Waals surface area contributed by atoms with E-state index in [0.717, 1.165) is 16.5 Å². The molecule has 0 aliphatic rings. The first-order valence-corrected chi connectivity index (χ1v) is 7.08. The Kier molecular flexibility index (Phi) is 3.70. The van der Waals surface area contributed by atoms with Crippen molar-refractivity contribution in [1.82, 2.24) is 5.32 Å². The molecule has 3 rings (SSSR count). The predicted octanol–water partition coefficient (Wildman–Crippen LogP) is 4.84. The number of hydrogen-bond donors (Lipinski definition) is 1. The number of rotatable bonds is 3. The average molecular weight is 304 g/mol. The minimum Gasteiger partial charge on any atom is -0.459 e. The van der Waals surface area contributed by atoms with Gasteiger partial charge in [-0.3, -0.25) is 0 Å². The fourth-order valence-corrected chi connectivity index (χ4v) is 2.69. The Bertz CT molecular complexity index is 797. The van der Waals surface area contributed by atoms with Crippen LogP contribution in [0.25, 0.3) is 11.0 Å². The number of fused-ring (bicyclic) bond motifs is 1. The lowest BCUT2D eigenvalue weighted by atomic mass is 10.0. The monoisotopic (exact) mass is 303 g/mol. The normalized spacial score (nSPS) is 12.8. The van der Waals surface area contributed by atoms with E-state index >= 15 is 0 Å². The van der Waals surface area contributed by atoms with E-state index in [4.69, 9.17) is 16.0 Å². The van der Waals surface area contributed by atoms with Crippen molar-refractivity contribution in [2.75, 3.05) is 7.05 Å². The molecule has 0 amide bonds. The smallest absolute Gasteiger partial charge is 0.134 e. The van der Waals surface area contributed by atoms with Crippen LogP contribution in [0.15, 0.2) is 46.9 Å². The van der Waals surface area contributed by atoms with Gasteiger partial charge in [0.2, 0.25) is 0 Å². The summed E-state index contributed by atoms with van der Waals surface area (Å²) < 4.78 is 19.9. The van der Waals surface area contributed by atoms with Gasteiger partial charge in [-0.05, 0) is 44.3 Å². The molecular formula is C17H15ClFNO. The molecule has 1 N–H and O–H groups in total. The van der Waals surface area contributed by atoms with Crippen LogP contribution in [-0.4, -0.2) is 7.05 Å². The molecule has 4 heteroatoms. The molecule has 0 bridgehead atoms. The van der Waals surface area contributed by atoms with Gasteiger partial charge < -0.3 is 9.73 Å². The molecule has 21 heavy (non-hydrogen) atoms. The Morgan fingerprint density at radius 2 is 1.95 bits per heavy atom. The zero-order valence-electron chi connectivity index (χ0n) is 11.8. The number of hydrogen-bond acceptors (Lipinski definition) is 2. The lowest BCUT2D eigenvalue weighted by molar-refractivity contribution is 0.476. The summed E-state index contributed by atoms with van der Waals surface area (Å²) >= 11 is 5.99. The van der Waals surface area contributed by atoms with E-state index in [9.17, 15) is 4.39 Å². The molecule has 3 aromatic rings. The van der Waals surface area contributed by atoms with Crippen LogP contribution in [0.3, 0.4) is 0 Å². The summed E-state index contributed by atoms with van der Waals surface area (Å²) in [7, 11) is 1.78. The minimum absolute atomic E-state index is 0.251. The summed E-state index contributed by atoms with van der Waals surface area (Å²) in [5.74, 6) is 0.415. The molecule has 0 spiro atoms. The third-order valence-corrected chi connectivity index (χ3v) is 3.77. The van der Waals surface area contributed by atoms with Gasteiger partial charge in [-0.15, -0.1) is 0 Å². The molecule has 2 aromatic carbocycles. The number of benzene rings is 2. The van der Waals surface area contributed by atoms with Gasteiger partial charge in [0, 0.05) is 16.0 Å². The Morgan fingerprint density at radius 3 is 2.71 bits per heavy atom. The lowest BCUT2D eigenvalue weighted by Gasteiger charge is -2.15. The molecule has 0 aliphatic carbocycles. The van der Waals surface area contributed by atoms with Gasteiger partial charge >= 0.3 is 0 Å². The Morgan fingerprint density at radius 1 is 1.14 bits per heavy atom. The highest BCUT2D eigenvalue weighted by Gasteiger charge is 2.20. The topological polar surface area (TPSA) is 25.2 Å². The van der Waals surface area contributed by atoms with E-state index < -0.39 is 0 Å². The van der Waals surface area contributed by atoms with Crippen LogP contribution < -0.4 is 5.32 Å². The molecule has 0 saturated carbocycles. The first-order chi connectivity index (χ1) is 10.1. The molecule has 0 fully saturated rings. The largest absolute Gasteiger partial charge is 0.459 e. The van der Waals surface area contributed by atoms with Crippen molar-refractivity contribution in [3.05, 3.63) is 70.2 Å².